The number of phenols is 1. The molecule has 9 rings (SSSR count). The van der Waals surface area contributed by atoms with E-state index in [2.05, 4.69) is 203 Å². The number of para-hydroxylation sites is 2. The molecule has 8 aromatic rings. The number of rotatable bonds is 5. The van der Waals surface area contributed by atoms with Gasteiger partial charge in [0.25, 0.3) is 0 Å². The third-order valence-corrected chi connectivity index (χ3v) is 12.8. The molecule has 0 fully saturated rings. The molecule has 0 radical (unpaired) electrons. The van der Waals surface area contributed by atoms with Crippen molar-refractivity contribution in [3.05, 3.63) is 156 Å². The van der Waals surface area contributed by atoms with E-state index in [-0.39, 0.29) is 48.5 Å². The van der Waals surface area contributed by atoms with Crippen LogP contribution in [0.3, 0.4) is 0 Å². The van der Waals surface area contributed by atoms with E-state index in [1.54, 1.807) is 0 Å². The first kappa shape index (κ1) is 46.6. The van der Waals surface area contributed by atoms with Crippen LogP contribution in [0.4, 0.5) is 5.69 Å². The van der Waals surface area contributed by atoms with Crippen molar-refractivity contribution >= 4 is 16.7 Å². The average molecular weight is 1050 g/mol. The van der Waals surface area contributed by atoms with Crippen molar-refractivity contribution in [1.29, 1.82) is 0 Å². The number of aromatic nitrogens is 3. The second-order valence-corrected chi connectivity index (χ2v) is 21.8. The van der Waals surface area contributed by atoms with Crippen LogP contribution in [-0.4, -0.2) is 26.7 Å². The first-order valence-electron chi connectivity index (χ1n) is 22.8. The Kier molecular flexibility index (Phi) is 11.8. The van der Waals surface area contributed by atoms with Crippen LogP contribution < -0.4 is 9.90 Å². The fourth-order valence-electron chi connectivity index (χ4n) is 8.98. The van der Waals surface area contributed by atoms with Crippen molar-refractivity contribution in [3.63, 3.8) is 0 Å². The molecule has 0 spiro atoms. The molecule has 0 saturated heterocycles. The molecule has 6 nitrogen and oxygen atoms in total. The van der Waals surface area contributed by atoms with Gasteiger partial charge in [-0.3, -0.25) is 9.55 Å². The maximum absolute atomic E-state index is 12.6. The topological polar surface area (TPSA) is 63.4 Å². The van der Waals surface area contributed by atoms with Gasteiger partial charge in [-0.25, -0.2) is 10.0 Å². The molecule has 1 aliphatic heterocycles. The van der Waals surface area contributed by atoms with Crippen molar-refractivity contribution in [2.75, 3.05) is 12.1 Å². The Balaban J connectivity index is 0.00000592. The Morgan fingerprint density at radius 2 is 1.17 bits per heavy atom. The smallest absolute Gasteiger partial charge is 0.156 e. The number of phenolic OH excluding ortho intramolecular Hbond substituents is 1. The Hall–Kier alpha value is -5.97. The second-order valence-electron chi connectivity index (χ2n) is 21.8. The van der Waals surface area contributed by atoms with Crippen LogP contribution in [0.5, 0.6) is 11.5 Å². The monoisotopic (exact) mass is 1050 g/mol. The van der Waals surface area contributed by atoms with Crippen LogP contribution in [0.2, 0.25) is 0 Å². The van der Waals surface area contributed by atoms with Gasteiger partial charge in [-0.15, -0.1) is 29.3 Å². The zero-order chi connectivity index (χ0) is 46.4. The second kappa shape index (κ2) is 16.7. The fourth-order valence-corrected chi connectivity index (χ4v) is 8.98. The SMILES string of the molecule is CN1Oc2c(ccnc2-c2[c-]c(-c3cccc4c3nc(-c3cc(C(C)(C)C)cc(C(C)(C)C)c3O)n4-c3ccc(C(C)(C)C)cc3-c3ccccc3)cc(C(C)(C)C)c2)-c2ccccc21.[Pt]. The summed E-state index contributed by atoms with van der Waals surface area (Å²) in [7, 11) is 1.94. The number of anilines is 1. The minimum absolute atomic E-state index is 0. The third kappa shape index (κ3) is 8.38. The van der Waals surface area contributed by atoms with E-state index in [1.807, 2.05) is 30.4 Å². The Labute approximate surface area is 406 Å². The Morgan fingerprint density at radius 3 is 1.85 bits per heavy atom. The summed E-state index contributed by atoms with van der Waals surface area (Å²) < 4.78 is 2.27. The van der Waals surface area contributed by atoms with Crippen LogP contribution in [0.1, 0.15) is 105 Å². The van der Waals surface area contributed by atoms with Crippen LogP contribution in [0.25, 0.3) is 72.7 Å². The van der Waals surface area contributed by atoms with Gasteiger partial charge in [-0.2, -0.15) is 0 Å². The van der Waals surface area contributed by atoms with Gasteiger partial charge in [0.2, 0.25) is 0 Å². The molecule has 0 aliphatic carbocycles. The zero-order valence-electron chi connectivity index (χ0n) is 40.6. The maximum Gasteiger partial charge on any atom is 0.156 e. The molecule has 2 aromatic heterocycles. The number of hydroxylamine groups is 1. The molecule has 0 amide bonds. The molecule has 0 bridgehead atoms. The number of pyridine rings is 1. The molecular weight excluding hydrogens is 992 g/mol. The molecule has 1 aliphatic rings. The summed E-state index contributed by atoms with van der Waals surface area (Å²) in [6.07, 6.45) is 1.87. The largest absolute Gasteiger partial charge is 0.507 e. The van der Waals surface area contributed by atoms with Crippen molar-refractivity contribution < 1.29 is 31.0 Å². The molecule has 1 N–H and O–H groups in total. The summed E-state index contributed by atoms with van der Waals surface area (Å²) in [6, 6.07) is 46.8. The number of fused-ring (bicyclic) bond motifs is 4. The third-order valence-electron chi connectivity index (χ3n) is 12.8. The number of nitrogens with zero attached hydrogens (tertiary/aromatic N) is 4. The van der Waals surface area contributed by atoms with Gasteiger partial charge < -0.3 is 9.94 Å². The summed E-state index contributed by atoms with van der Waals surface area (Å²) >= 11 is 0. The van der Waals surface area contributed by atoms with Crippen LogP contribution in [0.15, 0.2) is 128 Å². The van der Waals surface area contributed by atoms with Crippen molar-refractivity contribution in [2.24, 2.45) is 0 Å². The first-order valence-corrected chi connectivity index (χ1v) is 22.8. The van der Waals surface area contributed by atoms with Gasteiger partial charge in [0.1, 0.15) is 11.6 Å². The summed E-state index contributed by atoms with van der Waals surface area (Å²) in [5.74, 6) is 1.61. The normalized spacial score (nSPS) is 13.0. The summed E-state index contributed by atoms with van der Waals surface area (Å²) in [4.78, 5) is 17.2. The van der Waals surface area contributed by atoms with Gasteiger partial charge >= 0.3 is 0 Å². The van der Waals surface area contributed by atoms with Gasteiger partial charge in [0.15, 0.2) is 5.75 Å². The van der Waals surface area contributed by atoms with Gasteiger partial charge in [-0.05, 0) is 74.7 Å². The molecule has 0 atom stereocenters. The van der Waals surface area contributed by atoms with E-state index in [1.165, 1.54) is 5.56 Å². The van der Waals surface area contributed by atoms with Gasteiger partial charge in [0, 0.05) is 56.6 Å². The molecule has 7 heteroatoms. The van der Waals surface area contributed by atoms with E-state index in [0.29, 0.717) is 17.1 Å². The van der Waals surface area contributed by atoms with E-state index in [4.69, 9.17) is 14.8 Å². The quantitative estimate of drug-likeness (QED) is 0.174. The molecule has 0 unspecified atom stereocenters. The standard InChI is InChI=1S/C59H61N4O2.Pt/c1-56(2,3)39-26-27-49(45(33-39)36-20-15-14-16-21-36)63-50-25-19-23-42(52(50)61-55(63)46-34-41(58(7,8)9)35-47(53(46)64)59(10,11)12)37-30-38(32-40(31-37)57(4,5)6)51-54-44(28-29-60-51)43-22-17-18-24-48(43)62(13)65-54;/h14-29,31-35,64H,1-13H3;/q-1;. The van der Waals surface area contributed by atoms with Crippen molar-refractivity contribution in [2.45, 2.75) is 105 Å². The number of hydrogen-bond donors (Lipinski definition) is 1. The molecule has 66 heavy (non-hydrogen) atoms. The summed E-state index contributed by atoms with van der Waals surface area (Å²) in [5, 5.41) is 14.4. The predicted molar refractivity (Wildman–Crippen MR) is 270 cm³/mol. The Bertz CT molecular complexity index is 3140. The minimum atomic E-state index is -0.338. The molecule has 3 heterocycles. The van der Waals surface area contributed by atoms with Gasteiger partial charge in [-0.1, -0.05) is 167 Å². The molecular formula is C59H61N4O2Pt-. The summed E-state index contributed by atoms with van der Waals surface area (Å²) in [6.45, 7) is 26.6. The predicted octanol–water partition coefficient (Wildman–Crippen LogP) is 15.2. The maximum atomic E-state index is 12.6. The van der Waals surface area contributed by atoms with E-state index < -0.39 is 0 Å². The van der Waals surface area contributed by atoms with Crippen LogP contribution in [0, 0.1) is 6.07 Å². The Morgan fingerprint density at radius 1 is 0.545 bits per heavy atom. The zero-order valence-corrected chi connectivity index (χ0v) is 42.9. The molecule has 6 aromatic carbocycles. The molecule has 0 saturated carbocycles. The number of aromatic hydroxyl groups is 1. The number of hydrogen-bond acceptors (Lipinski definition) is 5. The minimum Gasteiger partial charge on any atom is -0.507 e. The summed E-state index contributed by atoms with van der Waals surface area (Å²) in [5.41, 5.74) is 15.6. The van der Waals surface area contributed by atoms with Crippen molar-refractivity contribution in [1.82, 2.24) is 14.5 Å². The fraction of sp³-hybridized carbons (Fsp3) is 0.288. The number of imidazole rings is 1. The van der Waals surface area contributed by atoms with E-state index >= 15 is 0 Å². The molecule has 340 valence electrons. The van der Waals surface area contributed by atoms with Crippen LogP contribution in [-0.2, 0) is 42.7 Å². The van der Waals surface area contributed by atoms with E-state index in [9.17, 15) is 5.11 Å². The van der Waals surface area contributed by atoms with E-state index in [0.717, 1.165) is 83.7 Å². The van der Waals surface area contributed by atoms with Crippen LogP contribution >= 0.6 is 0 Å². The first-order chi connectivity index (χ1) is 30.6. The van der Waals surface area contributed by atoms with Gasteiger partial charge in [0.05, 0.1) is 33.7 Å². The van der Waals surface area contributed by atoms with Crippen molar-refractivity contribution in [3.8, 4) is 73.2 Å². The average Bonchev–Trinajstić information content (AvgIpc) is 3.64. The number of benzene rings is 6.